The molecule has 0 spiro atoms. The van der Waals surface area contributed by atoms with Crippen LogP contribution in [-0.2, 0) is 14.4 Å². The van der Waals surface area contributed by atoms with E-state index in [1.807, 2.05) is 30.3 Å². The molecule has 30 heavy (non-hydrogen) atoms. The molecule has 154 valence electrons. The molecule has 1 amide bonds. The largest absolute Gasteiger partial charge is 0.350 e. The van der Waals surface area contributed by atoms with Gasteiger partial charge in [0.05, 0.1) is 11.0 Å². The summed E-state index contributed by atoms with van der Waals surface area (Å²) in [6.07, 6.45) is 6.94. The summed E-state index contributed by atoms with van der Waals surface area (Å²) in [5.41, 5.74) is 6.83. The molecule has 3 aromatic rings. The molecule has 6 nitrogen and oxygen atoms in total. The minimum Gasteiger partial charge on any atom is -0.350 e. The van der Waals surface area contributed by atoms with Gasteiger partial charge in [-0.05, 0) is 54.5 Å². The molecule has 2 aromatic carbocycles. The van der Waals surface area contributed by atoms with E-state index < -0.39 is 0 Å². The number of imidazole rings is 1. The number of benzene rings is 2. The number of nitrogens with one attached hydrogen (secondary N) is 2. The Balaban J connectivity index is 1.15. The third-order valence-corrected chi connectivity index (χ3v) is 5.77. The molecule has 3 unspecified atom stereocenters. The lowest BCUT2D eigenvalue weighted by Gasteiger charge is -2.21. The van der Waals surface area contributed by atoms with Crippen molar-refractivity contribution in [3.05, 3.63) is 71.6 Å². The third kappa shape index (κ3) is 4.30. The van der Waals surface area contributed by atoms with Crippen molar-refractivity contribution in [2.24, 2.45) is 0 Å². The zero-order valence-corrected chi connectivity index (χ0v) is 16.7. The number of hydroxylamine groups is 1. The second-order valence-electron chi connectivity index (χ2n) is 7.97. The van der Waals surface area contributed by atoms with Gasteiger partial charge in [-0.25, -0.2) is 15.3 Å². The first-order valence-corrected chi connectivity index (χ1v) is 10.6. The van der Waals surface area contributed by atoms with Crippen molar-refractivity contribution in [3.8, 4) is 0 Å². The smallest absolute Gasteiger partial charge is 0.267 e. The SMILES string of the molecule is O=C(/C=C/c1ccc(C2CC2c2nc3ccccc3[nH]2)cc1)NOC1CCCCO1. The number of fused-ring (bicyclic) bond motifs is 1. The van der Waals surface area contributed by atoms with Crippen LogP contribution in [-0.4, -0.2) is 28.8 Å². The Kier molecular flexibility index (Phi) is 5.34. The van der Waals surface area contributed by atoms with E-state index in [2.05, 4.69) is 28.7 Å². The Bertz CT molecular complexity index is 1020. The number of amides is 1. The van der Waals surface area contributed by atoms with Crippen molar-refractivity contribution in [1.29, 1.82) is 0 Å². The number of aromatic nitrogens is 2. The predicted molar refractivity (Wildman–Crippen MR) is 114 cm³/mol. The van der Waals surface area contributed by atoms with Gasteiger partial charge >= 0.3 is 0 Å². The first kappa shape index (κ1) is 19.0. The Morgan fingerprint density at radius 1 is 1.13 bits per heavy atom. The van der Waals surface area contributed by atoms with Gasteiger partial charge in [-0.1, -0.05) is 36.4 Å². The highest BCUT2D eigenvalue weighted by atomic mass is 16.8. The molecule has 1 aliphatic heterocycles. The number of hydrogen-bond acceptors (Lipinski definition) is 4. The summed E-state index contributed by atoms with van der Waals surface area (Å²) >= 11 is 0. The Morgan fingerprint density at radius 3 is 2.80 bits per heavy atom. The molecule has 3 atom stereocenters. The molecule has 6 heteroatoms. The zero-order chi connectivity index (χ0) is 20.3. The van der Waals surface area contributed by atoms with Crippen LogP contribution in [0.2, 0.25) is 0 Å². The maximum atomic E-state index is 11.9. The summed E-state index contributed by atoms with van der Waals surface area (Å²) in [4.78, 5) is 25.4. The van der Waals surface area contributed by atoms with Gasteiger partial charge in [0.2, 0.25) is 0 Å². The van der Waals surface area contributed by atoms with Crippen molar-refractivity contribution < 1.29 is 14.4 Å². The molecule has 5 rings (SSSR count). The van der Waals surface area contributed by atoms with Gasteiger partial charge in [0.1, 0.15) is 5.82 Å². The predicted octanol–water partition coefficient (Wildman–Crippen LogP) is 4.42. The van der Waals surface area contributed by atoms with E-state index in [0.29, 0.717) is 18.4 Å². The number of rotatable bonds is 6. The van der Waals surface area contributed by atoms with E-state index in [1.165, 1.54) is 11.6 Å². The molecule has 0 radical (unpaired) electrons. The molecule has 1 saturated heterocycles. The van der Waals surface area contributed by atoms with Crippen LogP contribution in [0.1, 0.15) is 54.5 Å². The standard InChI is InChI=1S/C24H25N3O3/c28-22(27-30-23-7-3-4-14-29-23)13-10-16-8-11-17(12-9-16)18-15-19(18)24-25-20-5-1-2-6-21(20)26-24/h1-2,5-6,8-13,18-19,23H,3-4,7,14-15H2,(H,25,26)(H,27,28)/b13-10+. The number of H-pyrrole nitrogens is 1. The Hall–Kier alpha value is -2.96. The molecule has 2 fully saturated rings. The lowest BCUT2D eigenvalue weighted by molar-refractivity contribution is -0.198. The van der Waals surface area contributed by atoms with Gasteiger partial charge in [0, 0.05) is 25.0 Å². The van der Waals surface area contributed by atoms with E-state index in [9.17, 15) is 4.79 Å². The van der Waals surface area contributed by atoms with E-state index in [1.54, 1.807) is 6.08 Å². The number of para-hydroxylation sites is 2. The van der Waals surface area contributed by atoms with Gasteiger partial charge in [-0.15, -0.1) is 0 Å². The number of hydrogen-bond donors (Lipinski definition) is 2. The molecule has 1 aromatic heterocycles. The monoisotopic (exact) mass is 403 g/mol. The van der Waals surface area contributed by atoms with Gasteiger partial charge in [0.15, 0.2) is 6.29 Å². The minimum atomic E-state index is -0.339. The molecule has 2 aliphatic rings. The van der Waals surface area contributed by atoms with Crippen LogP contribution in [0.25, 0.3) is 17.1 Å². The normalized spacial score (nSPS) is 23.7. The summed E-state index contributed by atoms with van der Waals surface area (Å²) in [5, 5.41) is 0. The van der Waals surface area contributed by atoms with Crippen molar-refractivity contribution in [1.82, 2.24) is 15.4 Å². The zero-order valence-electron chi connectivity index (χ0n) is 16.7. The number of carbonyl (C=O) groups excluding carboxylic acids is 1. The number of nitrogens with zero attached hydrogens (tertiary/aromatic N) is 1. The summed E-state index contributed by atoms with van der Waals surface area (Å²) in [6, 6.07) is 16.5. The molecule has 1 saturated carbocycles. The molecular formula is C24H25N3O3. The van der Waals surface area contributed by atoms with Crippen LogP contribution in [0.15, 0.2) is 54.6 Å². The summed E-state index contributed by atoms with van der Waals surface area (Å²) < 4.78 is 5.42. The van der Waals surface area contributed by atoms with Crippen molar-refractivity contribution in [2.75, 3.05) is 6.61 Å². The summed E-state index contributed by atoms with van der Waals surface area (Å²) in [6.45, 7) is 0.681. The fourth-order valence-electron chi connectivity index (χ4n) is 4.00. The van der Waals surface area contributed by atoms with Crippen molar-refractivity contribution in [3.63, 3.8) is 0 Å². The highest BCUT2D eigenvalue weighted by molar-refractivity contribution is 5.90. The number of carbonyl (C=O) groups is 1. The quantitative estimate of drug-likeness (QED) is 0.472. The van der Waals surface area contributed by atoms with Crippen LogP contribution in [0.3, 0.4) is 0 Å². The highest BCUT2D eigenvalue weighted by Gasteiger charge is 2.41. The third-order valence-electron chi connectivity index (χ3n) is 5.77. The van der Waals surface area contributed by atoms with Crippen LogP contribution in [0.4, 0.5) is 0 Å². The first-order valence-electron chi connectivity index (χ1n) is 10.6. The minimum absolute atomic E-state index is 0.291. The number of aromatic amines is 1. The van der Waals surface area contributed by atoms with Gasteiger partial charge < -0.3 is 9.72 Å². The van der Waals surface area contributed by atoms with Crippen LogP contribution < -0.4 is 5.48 Å². The van der Waals surface area contributed by atoms with Crippen molar-refractivity contribution >= 4 is 23.0 Å². The molecule has 2 N–H and O–H groups in total. The van der Waals surface area contributed by atoms with Gasteiger partial charge in [-0.3, -0.25) is 4.79 Å². The van der Waals surface area contributed by atoms with E-state index >= 15 is 0 Å². The Labute approximate surface area is 175 Å². The second-order valence-corrected chi connectivity index (χ2v) is 7.97. The van der Waals surface area contributed by atoms with Crippen LogP contribution in [0, 0.1) is 0 Å². The molecule has 2 heterocycles. The molecular weight excluding hydrogens is 378 g/mol. The average Bonchev–Trinajstić information content (AvgIpc) is 3.48. The fourth-order valence-corrected chi connectivity index (χ4v) is 4.00. The second kappa shape index (κ2) is 8.42. The lowest BCUT2D eigenvalue weighted by Crippen LogP contribution is -2.32. The van der Waals surface area contributed by atoms with Crippen LogP contribution >= 0.6 is 0 Å². The average molecular weight is 403 g/mol. The lowest BCUT2D eigenvalue weighted by atomic mass is 10.1. The van der Waals surface area contributed by atoms with E-state index in [4.69, 9.17) is 14.6 Å². The summed E-state index contributed by atoms with van der Waals surface area (Å²) in [5.74, 6) is 1.73. The number of ether oxygens (including phenoxy) is 1. The fraction of sp³-hybridized carbons (Fsp3) is 0.333. The van der Waals surface area contributed by atoms with E-state index in [0.717, 1.165) is 48.1 Å². The Morgan fingerprint density at radius 2 is 2.00 bits per heavy atom. The van der Waals surface area contributed by atoms with Gasteiger partial charge in [0.25, 0.3) is 5.91 Å². The topological polar surface area (TPSA) is 76.2 Å². The molecule has 0 bridgehead atoms. The highest BCUT2D eigenvalue weighted by Crippen LogP contribution is 2.53. The van der Waals surface area contributed by atoms with Gasteiger partial charge in [-0.2, -0.15) is 0 Å². The van der Waals surface area contributed by atoms with Crippen LogP contribution in [0.5, 0.6) is 0 Å². The molecule has 1 aliphatic carbocycles. The van der Waals surface area contributed by atoms with E-state index in [-0.39, 0.29) is 12.2 Å². The maximum absolute atomic E-state index is 11.9. The first-order chi connectivity index (χ1) is 14.8. The maximum Gasteiger partial charge on any atom is 0.267 e. The summed E-state index contributed by atoms with van der Waals surface area (Å²) in [7, 11) is 0. The van der Waals surface area contributed by atoms with Crippen molar-refractivity contribution in [2.45, 2.75) is 43.8 Å².